The predicted molar refractivity (Wildman–Crippen MR) is 129 cm³/mol. The fourth-order valence-corrected chi connectivity index (χ4v) is 9.03. The van der Waals surface area contributed by atoms with E-state index in [1.54, 1.807) is 10.9 Å². The highest BCUT2D eigenvalue weighted by Gasteiger charge is 2.58. The van der Waals surface area contributed by atoms with Gasteiger partial charge in [0.15, 0.2) is 5.78 Å². The molecule has 2 aromatic rings. The van der Waals surface area contributed by atoms with Crippen molar-refractivity contribution in [3.8, 4) is 0 Å². The van der Waals surface area contributed by atoms with E-state index in [-0.39, 0.29) is 17.9 Å². The van der Waals surface area contributed by atoms with Gasteiger partial charge in [-0.25, -0.2) is 0 Å². The van der Waals surface area contributed by atoms with Crippen molar-refractivity contribution >= 4 is 28.4 Å². The van der Waals surface area contributed by atoms with Gasteiger partial charge in [-0.05, 0) is 118 Å². The molecule has 0 radical (unpaired) electrons. The summed E-state index contributed by atoms with van der Waals surface area (Å²) in [7, 11) is 0. The van der Waals surface area contributed by atoms with E-state index >= 15 is 0 Å². The average molecular weight is 470 g/mol. The molecule has 0 aliphatic heterocycles. The maximum Gasteiger partial charge on any atom is 0.159 e. The van der Waals surface area contributed by atoms with Crippen molar-refractivity contribution < 1.29 is 9.90 Å². The zero-order valence-electron chi connectivity index (χ0n) is 19.8. The van der Waals surface area contributed by atoms with Crippen LogP contribution >= 0.6 is 11.6 Å². The summed E-state index contributed by atoms with van der Waals surface area (Å²) in [4.78, 5) is 15.1. The van der Waals surface area contributed by atoms with Gasteiger partial charge in [-0.2, -0.15) is 15.0 Å². The van der Waals surface area contributed by atoms with E-state index in [4.69, 9.17) is 11.6 Å². The molecule has 1 aromatic heterocycles. The summed E-state index contributed by atoms with van der Waals surface area (Å²) in [5.41, 5.74) is 1.18. The summed E-state index contributed by atoms with van der Waals surface area (Å²) in [6.45, 7) is 4.70. The third-order valence-corrected chi connectivity index (χ3v) is 10.5. The van der Waals surface area contributed by atoms with Crippen molar-refractivity contribution in [2.45, 2.75) is 83.8 Å². The number of Topliss-reactive ketones (excluding diaryl/α,β-unsaturated/α-hetero) is 1. The number of carbonyl (C=O) groups is 1. The normalized spacial score (nSPS) is 42.5. The van der Waals surface area contributed by atoms with Crippen molar-refractivity contribution in [3.05, 3.63) is 23.2 Å². The zero-order valence-corrected chi connectivity index (χ0v) is 20.6. The van der Waals surface area contributed by atoms with Crippen molar-refractivity contribution in [1.82, 2.24) is 15.0 Å². The lowest BCUT2D eigenvalue weighted by atomic mass is 9.49. The molecule has 4 aliphatic rings. The molecule has 33 heavy (non-hydrogen) atoms. The van der Waals surface area contributed by atoms with Gasteiger partial charge in [0.2, 0.25) is 0 Å². The van der Waals surface area contributed by atoms with E-state index in [0.717, 1.165) is 48.0 Å². The number of benzene rings is 1. The van der Waals surface area contributed by atoms with E-state index in [1.165, 1.54) is 38.5 Å². The molecule has 0 bridgehead atoms. The predicted octanol–water partition coefficient (Wildman–Crippen LogP) is 5.67. The number of rotatable bonds is 3. The van der Waals surface area contributed by atoms with Gasteiger partial charge in [-0.3, -0.25) is 4.79 Å². The smallest absolute Gasteiger partial charge is 0.159 e. The maximum atomic E-state index is 13.5. The quantitative estimate of drug-likeness (QED) is 0.628. The van der Waals surface area contributed by atoms with Crippen LogP contribution in [0.15, 0.2) is 18.2 Å². The van der Waals surface area contributed by atoms with Crippen LogP contribution in [0, 0.1) is 40.9 Å². The van der Waals surface area contributed by atoms with Crippen LogP contribution in [0.1, 0.15) is 71.6 Å². The number of hydrogen-bond donors (Lipinski definition) is 1. The molecule has 8 unspecified atom stereocenters. The van der Waals surface area contributed by atoms with Crippen molar-refractivity contribution in [1.29, 1.82) is 0 Å². The maximum absolute atomic E-state index is 13.5. The minimum absolute atomic E-state index is 0.112. The first kappa shape index (κ1) is 22.0. The summed E-state index contributed by atoms with van der Waals surface area (Å²) < 4.78 is 0. The Balaban J connectivity index is 1.18. The molecule has 1 heterocycles. The van der Waals surface area contributed by atoms with Crippen LogP contribution in [-0.4, -0.2) is 31.5 Å². The van der Waals surface area contributed by atoms with Crippen LogP contribution in [0.4, 0.5) is 0 Å². The minimum Gasteiger partial charge on any atom is -0.390 e. The number of aromatic nitrogens is 3. The zero-order chi connectivity index (χ0) is 23.0. The van der Waals surface area contributed by atoms with Crippen molar-refractivity contribution in [2.75, 3.05) is 0 Å². The molecule has 4 fully saturated rings. The number of ketones is 1. The second-order valence-corrected chi connectivity index (χ2v) is 12.6. The molecule has 8 atom stereocenters. The highest BCUT2D eigenvalue weighted by atomic mass is 35.5. The molecular weight excluding hydrogens is 434 g/mol. The molecule has 6 heteroatoms. The van der Waals surface area contributed by atoms with Crippen LogP contribution in [0.3, 0.4) is 0 Å². The summed E-state index contributed by atoms with van der Waals surface area (Å²) in [5.74, 6) is 4.13. The van der Waals surface area contributed by atoms with E-state index < -0.39 is 5.60 Å². The Labute approximate surface area is 201 Å². The summed E-state index contributed by atoms with van der Waals surface area (Å²) in [6, 6.07) is 5.48. The Morgan fingerprint density at radius 3 is 2.67 bits per heavy atom. The number of nitrogens with zero attached hydrogens (tertiary/aromatic N) is 3. The van der Waals surface area contributed by atoms with Gasteiger partial charge in [-0.15, -0.1) is 0 Å². The Hall–Kier alpha value is -1.46. The molecule has 0 spiro atoms. The second-order valence-electron chi connectivity index (χ2n) is 12.2. The van der Waals surface area contributed by atoms with Crippen LogP contribution < -0.4 is 0 Å². The molecule has 6 rings (SSSR count). The Kier molecular flexibility index (Phi) is 5.19. The molecule has 178 valence electrons. The third-order valence-electron chi connectivity index (χ3n) is 10.3. The summed E-state index contributed by atoms with van der Waals surface area (Å²) >= 11 is 6.09. The highest BCUT2D eigenvalue weighted by molar-refractivity contribution is 6.31. The van der Waals surface area contributed by atoms with Gasteiger partial charge in [0.25, 0.3) is 0 Å². The van der Waals surface area contributed by atoms with E-state index in [1.807, 2.05) is 19.1 Å². The monoisotopic (exact) mass is 469 g/mol. The Morgan fingerprint density at radius 1 is 1.03 bits per heavy atom. The fraction of sp³-hybridized carbons (Fsp3) is 0.741. The third kappa shape index (κ3) is 3.65. The fourth-order valence-electron chi connectivity index (χ4n) is 8.86. The van der Waals surface area contributed by atoms with Gasteiger partial charge in [0.05, 0.1) is 5.60 Å². The van der Waals surface area contributed by atoms with Gasteiger partial charge >= 0.3 is 0 Å². The first-order valence-corrected chi connectivity index (χ1v) is 13.4. The summed E-state index contributed by atoms with van der Waals surface area (Å²) in [6.07, 6.45) is 10.3. The Bertz CT molecular complexity index is 1080. The van der Waals surface area contributed by atoms with E-state index in [2.05, 4.69) is 17.1 Å². The molecular formula is C27H36ClN3O2. The number of aliphatic hydroxyl groups is 1. The van der Waals surface area contributed by atoms with Crippen LogP contribution in [0.2, 0.25) is 5.02 Å². The number of fused-ring (bicyclic) bond motifs is 6. The SMILES string of the molecule is CC1(O)CCC2C(CCC3C2CCC2(C)C(C(=O)Cn4nc5ccc(Cl)cc5n4)CCC32)C1. The standard InChI is InChI=1S/C27H36ClN3O2/c1-26(33)11-9-18-16(14-26)3-5-20-19(18)10-12-27(2)21(20)6-7-22(27)25(32)15-31-29-23-8-4-17(28)13-24(23)30-31/h4,8,13,16,18-22,33H,3,5-7,9-12,14-15H2,1-2H3. The molecule has 4 aliphatic carbocycles. The van der Waals surface area contributed by atoms with Gasteiger partial charge < -0.3 is 5.11 Å². The van der Waals surface area contributed by atoms with E-state index in [0.29, 0.717) is 22.6 Å². The lowest BCUT2D eigenvalue weighted by molar-refractivity contribution is -0.133. The Morgan fingerprint density at radius 2 is 1.82 bits per heavy atom. The average Bonchev–Trinajstić information content (AvgIpc) is 3.32. The molecule has 0 amide bonds. The molecule has 1 N–H and O–H groups in total. The highest BCUT2D eigenvalue weighted by Crippen LogP contribution is 2.64. The molecule has 4 saturated carbocycles. The minimum atomic E-state index is -0.460. The van der Waals surface area contributed by atoms with Gasteiger partial charge in [0, 0.05) is 10.9 Å². The first-order chi connectivity index (χ1) is 15.7. The number of hydrogen-bond acceptors (Lipinski definition) is 4. The van der Waals surface area contributed by atoms with Crippen LogP contribution in [0.5, 0.6) is 0 Å². The van der Waals surface area contributed by atoms with Crippen molar-refractivity contribution in [3.63, 3.8) is 0 Å². The second kappa shape index (κ2) is 7.78. The van der Waals surface area contributed by atoms with Crippen LogP contribution in [0.25, 0.3) is 11.0 Å². The summed E-state index contributed by atoms with van der Waals surface area (Å²) in [5, 5.41) is 20.3. The van der Waals surface area contributed by atoms with Crippen LogP contribution in [-0.2, 0) is 11.3 Å². The molecule has 1 aromatic carbocycles. The lowest BCUT2D eigenvalue weighted by Gasteiger charge is -2.56. The van der Waals surface area contributed by atoms with Gasteiger partial charge in [0.1, 0.15) is 17.6 Å². The topological polar surface area (TPSA) is 68.0 Å². The molecule has 0 saturated heterocycles. The van der Waals surface area contributed by atoms with Gasteiger partial charge in [-0.1, -0.05) is 18.5 Å². The van der Waals surface area contributed by atoms with Crippen molar-refractivity contribution in [2.24, 2.45) is 40.9 Å². The number of carbonyl (C=O) groups excluding carboxylic acids is 1. The lowest BCUT2D eigenvalue weighted by Crippen LogP contribution is -2.51. The molecule has 5 nitrogen and oxygen atoms in total. The van der Waals surface area contributed by atoms with E-state index in [9.17, 15) is 9.90 Å². The number of halogens is 1. The first-order valence-electron chi connectivity index (χ1n) is 13.0. The largest absolute Gasteiger partial charge is 0.390 e.